The molecule has 0 aliphatic heterocycles. The summed E-state index contributed by atoms with van der Waals surface area (Å²) in [7, 11) is 3.40. The van der Waals surface area contributed by atoms with Crippen molar-refractivity contribution in [1.82, 2.24) is 10.2 Å². The molecule has 0 aliphatic rings. The van der Waals surface area contributed by atoms with Crippen LogP contribution in [0.25, 0.3) is 0 Å². The van der Waals surface area contributed by atoms with Crippen molar-refractivity contribution < 1.29 is 14.4 Å². The van der Waals surface area contributed by atoms with Crippen molar-refractivity contribution in [3.8, 4) is 0 Å². The highest BCUT2D eigenvalue weighted by molar-refractivity contribution is 8.13. The molecule has 0 saturated heterocycles. The Balaban J connectivity index is 1.53. The number of rotatable bonds is 6. The van der Waals surface area contributed by atoms with Gasteiger partial charge in [0.1, 0.15) is 0 Å². The largest absolute Gasteiger partial charge is 0.347 e. The lowest BCUT2D eigenvalue weighted by molar-refractivity contribution is 0.0953. The lowest BCUT2D eigenvalue weighted by atomic mass is 10.1. The molecule has 0 aliphatic carbocycles. The van der Waals surface area contributed by atoms with E-state index >= 15 is 0 Å². The van der Waals surface area contributed by atoms with E-state index in [4.69, 9.17) is 0 Å². The Kier molecular flexibility index (Phi) is 7.26. The summed E-state index contributed by atoms with van der Waals surface area (Å²) in [5, 5.41) is 7.50. The predicted molar refractivity (Wildman–Crippen MR) is 121 cm³/mol. The second-order valence-electron chi connectivity index (χ2n) is 6.60. The molecule has 154 valence electrons. The number of hydrogen-bond acceptors (Lipinski definition) is 5. The summed E-state index contributed by atoms with van der Waals surface area (Å²) in [4.78, 5) is 39.2. The monoisotopic (exact) mass is 439 g/mol. The molecule has 0 fully saturated rings. The van der Waals surface area contributed by atoms with Gasteiger partial charge < -0.3 is 15.5 Å². The highest BCUT2D eigenvalue weighted by Gasteiger charge is 2.10. The third-order valence-corrected chi connectivity index (χ3v) is 6.01. The Morgan fingerprint density at radius 1 is 0.933 bits per heavy atom. The summed E-state index contributed by atoms with van der Waals surface area (Å²) in [6.07, 6.45) is 0. The van der Waals surface area contributed by atoms with Crippen LogP contribution in [0.3, 0.4) is 0 Å². The number of thiophene rings is 1. The Labute approximate surface area is 183 Å². The molecule has 3 rings (SSSR count). The minimum Gasteiger partial charge on any atom is -0.347 e. The number of carbonyl (C=O) groups excluding carboxylic acids is 3. The number of anilines is 1. The van der Waals surface area contributed by atoms with Crippen molar-refractivity contribution in [2.75, 3.05) is 19.4 Å². The summed E-state index contributed by atoms with van der Waals surface area (Å²) in [5.74, 6) is -0.338. The Morgan fingerprint density at radius 2 is 1.63 bits per heavy atom. The number of hydrogen-bond donors (Lipinski definition) is 2. The van der Waals surface area contributed by atoms with Gasteiger partial charge in [0.05, 0.1) is 4.88 Å². The third kappa shape index (κ3) is 5.95. The Hall–Kier alpha value is -3.10. The van der Waals surface area contributed by atoms with Crippen LogP contribution in [-0.2, 0) is 6.54 Å². The summed E-state index contributed by atoms with van der Waals surface area (Å²) in [5.41, 5.74) is 2.07. The number of nitrogens with one attached hydrogen (secondary N) is 2. The molecule has 0 atom stereocenters. The average molecular weight is 440 g/mol. The van der Waals surface area contributed by atoms with Crippen LogP contribution < -0.4 is 10.6 Å². The van der Waals surface area contributed by atoms with E-state index in [2.05, 4.69) is 10.6 Å². The molecule has 6 nitrogen and oxygen atoms in total. The quantitative estimate of drug-likeness (QED) is 0.546. The summed E-state index contributed by atoms with van der Waals surface area (Å²) in [6, 6.07) is 17.8. The number of carbonyl (C=O) groups is 3. The molecule has 2 N–H and O–H groups in total. The standard InChI is InChI=1S/C22H21N3O3S2/c1-25(2)22(28)30-18-11-9-17(10-12-18)24-20(26)16-7-5-15(6-8-16)14-23-21(27)19-4-3-13-29-19/h3-13H,14H2,1-2H3,(H,23,27)(H,24,26). The second kappa shape index (κ2) is 10.1. The van der Waals surface area contributed by atoms with Crippen molar-refractivity contribution in [2.24, 2.45) is 0 Å². The van der Waals surface area contributed by atoms with Crippen LogP contribution >= 0.6 is 23.1 Å². The molecule has 1 heterocycles. The molecule has 30 heavy (non-hydrogen) atoms. The molecule has 0 radical (unpaired) electrons. The van der Waals surface area contributed by atoms with Crippen LogP contribution in [0.2, 0.25) is 0 Å². The minimum absolute atomic E-state index is 0.0570. The van der Waals surface area contributed by atoms with Crippen LogP contribution in [0, 0.1) is 0 Å². The number of nitrogens with zero attached hydrogens (tertiary/aromatic N) is 1. The van der Waals surface area contributed by atoms with E-state index in [9.17, 15) is 14.4 Å². The first-order chi connectivity index (χ1) is 14.4. The van der Waals surface area contributed by atoms with E-state index in [1.807, 2.05) is 23.6 Å². The summed E-state index contributed by atoms with van der Waals surface area (Å²) in [6.45, 7) is 0.392. The van der Waals surface area contributed by atoms with E-state index < -0.39 is 0 Å². The summed E-state index contributed by atoms with van der Waals surface area (Å²) < 4.78 is 0. The van der Waals surface area contributed by atoms with Crippen molar-refractivity contribution in [3.63, 3.8) is 0 Å². The molecule has 0 bridgehead atoms. The van der Waals surface area contributed by atoms with E-state index in [0.29, 0.717) is 22.7 Å². The van der Waals surface area contributed by atoms with E-state index in [-0.39, 0.29) is 17.1 Å². The molecule has 0 saturated carbocycles. The highest BCUT2D eigenvalue weighted by atomic mass is 32.2. The first-order valence-electron chi connectivity index (χ1n) is 9.13. The number of thioether (sulfide) groups is 1. The van der Waals surface area contributed by atoms with Gasteiger partial charge in [0.2, 0.25) is 0 Å². The zero-order chi connectivity index (χ0) is 21.5. The molecule has 2 aromatic carbocycles. The van der Waals surface area contributed by atoms with Gasteiger partial charge in [-0.3, -0.25) is 14.4 Å². The topological polar surface area (TPSA) is 78.5 Å². The SMILES string of the molecule is CN(C)C(=O)Sc1ccc(NC(=O)c2ccc(CNC(=O)c3cccs3)cc2)cc1. The van der Waals surface area contributed by atoms with Gasteiger partial charge in [-0.15, -0.1) is 11.3 Å². The van der Waals surface area contributed by atoms with E-state index in [1.54, 1.807) is 56.6 Å². The fourth-order valence-corrected chi connectivity index (χ4v) is 3.75. The summed E-state index contributed by atoms with van der Waals surface area (Å²) >= 11 is 2.52. The van der Waals surface area contributed by atoms with Gasteiger partial charge in [-0.25, -0.2) is 0 Å². The Bertz CT molecular complexity index is 1010. The molecular weight excluding hydrogens is 418 g/mol. The first kappa shape index (κ1) is 21.6. The number of amides is 3. The minimum atomic E-state index is -0.228. The van der Waals surface area contributed by atoms with Gasteiger partial charge in [0, 0.05) is 36.8 Å². The smallest absolute Gasteiger partial charge is 0.285 e. The fraction of sp³-hybridized carbons (Fsp3) is 0.136. The maximum absolute atomic E-state index is 12.5. The van der Waals surface area contributed by atoms with Gasteiger partial charge in [-0.1, -0.05) is 18.2 Å². The van der Waals surface area contributed by atoms with E-state index in [1.165, 1.54) is 16.2 Å². The van der Waals surface area contributed by atoms with Gasteiger partial charge in [0.25, 0.3) is 17.1 Å². The molecule has 0 spiro atoms. The van der Waals surface area contributed by atoms with Crippen LogP contribution in [0.4, 0.5) is 10.5 Å². The molecule has 1 aromatic heterocycles. The first-order valence-corrected chi connectivity index (χ1v) is 10.8. The van der Waals surface area contributed by atoms with Crippen LogP contribution in [0.15, 0.2) is 70.9 Å². The van der Waals surface area contributed by atoms with E-state index in [0.717, 1.165) is 22.2 Å². The third-order valence-electron chi connectivity index (χ3n) is 4.10. The lowest BCUT2D eigenvalue weighted by Crippen LogP contribution is -2.21. The van der Waals surface area contributed by atoms with Crippen molar-refractivity contribution in [2.45, 2.75) is 11.4 Å². The van der Waals surface area contributed by atoms with Gasteiger partial charge in [-0.2, -0.15) is 0 Å². The van der Waals surface area contributed by atoms with Crippen LogP contribution in [0.1, 0.15) is 25.6 Å². The van der Waals surface area contributed by atoms with Gasteiger partial charge in [0.15, 0.2) is 0 Å². The zero-order valence-corrected chi connectivity index (χ0v) is 18.2. The maximum atomic E-state index is 12.5. The van der Waals surface area contributed by atoms with Crippen molar-refractivity contribution >= 4 is 45.8 Å². The maximum Gasteiger partial charge on any atom is 0.285 e. The van der Waals surface area contributed by atoms with Crippen LogP contribution in [-0.4, -0.2) is 36.0 Å². The predicted octanol–water partition coefficient (Wildman–Crippen LogP) is 4.70. The molecule has 3 amide bonds. The number of benzene rings is 2. The molecule has 0 unspecified atom stereocenters. The normalized spacial score (nSPS) is 10.3. The van der Waals surface area contributed by atoms with Crippen LogP contribution in [0.5, 0.6) is 0 Å². The zero-order valence-electron chi connectivity index (χ0n) is 16.5. The lowest BCUT2D eigenvalue weighted by Gasteiger charge is -2.10. The highest BCUT2D eigenvalue weighted by Crippen LogP contribution is 2.22. The Morgan fingerprint density at radius 3 is 2.23 bits per heavy atom. The molecule has 3 aromatic rings. The van der Waals surface area contributed by atoms with Crippen molar-refractivity contribution in [3.05, 3.63) is 82.0 Å². The molecular formula is C22H21N3O3S2. The average Bonchev–Trinajstić information content (AvgIpc) is 3.28. The van der Waals surface area contributed by atoms with Gasteiger partial charge in [-0.05, 0) is 65.2 Å². The fourth-order valence-electron chi connectivity index (χ4n) is 2.45. The van der Waals surface area contributed by atoms with Crippen molar-refractivity contribution in [1.29, 1.82) is 0 Å². The molecule has 8 heteroatoms. The van der Waals surface area contributed by atoms with Gasteiger partial charge >= 0.3 is 0 Å². The second-order valence-corrected chi connectivity index (χ2v) is 8.57.